The van der Waals surface area contributed by atoms with E-state index in [9.17, 15) is 14.4 Å². The molecule has 1 fully saturated rings. The molecule has 0 bridgehead atoms. The highest BCUT2D eigenvalue weighted by Crippen LogP contribution is 2.45. The summed E-state index contributed by atoms with van der Waals surface area (Å²) in [7, 11) is 0. The minimum atomic E-state index is -1.01. The number of carbonyl (C=O) groups is 3. The fraction of sp³-hybridized carbons (Fsp3) is 0.250. The molecule has 0 aromatic heterocycles. The lowest BCUT2D eigenvalue weighted by atomic mass is 10.1. The number of carbonyl (C=O) groups excluding carboxylic acids is 2. The molecule has 1 aromatic carbocycles. The zero-order chi connectivity index (χ0) is 18.3. The number of carboxylic acid groups (broad SMARTS) is 1. The van der Waals surface area contributed by atoms with E-state index in [-0.39, 0.29) is 28.1 Å². The van der Waals surface area contributed by atoms with Crippen LogP contribution in [0, 0.1) is 0 Å². The number of benzene rings is 1. The molecule has 0 aliphatic carbocycles. The number of fused-ring (bicyclic) bond motifs is 1. The smallest absolute Gasteiger partial charge is 0.305 e. The van der Waals surface area contributed by atoms with Gasteiger partial charge >= 0.3 is 5.97 Å². The first-order valence-corrected chi connectivity index (χ1v) is 9.48. The second kappa shape index (κ2) is 6.89. The van der Waals surface area contributed by atoms with E-state index in [1.807, 2.05) is 25.1 Å². The maximum atomic E-state index is 12.8. The number of aliphatic carboxylic acids is 1. The van der Waals surface area contributed by atoms with Crippen LogP contribution in [0.15, 0.2) is 27.6 Å². The second-order valence-corrected chi connectivity index (χ2v) is 7.94. The summed E-state index contributed by atoms with van der Waals surface area (Å²) in [6, 6.07) is 5.48. The monoisotopic (exact) mass is 440 g/mol. The molecule has 25 heavy (non-hydrogen) atoms. The number of amides is 2. The van der Waals surface area contributed by atoms with Crippen LogP contribution in [0.2, 0.25) is 0 Å². The Balaban J connectivity index is 2.07. The molecule has 2 aliphatic rings. The van der Waals surface area contributed by atoms with Crippen molar-refractivity contribution < 1.29 is 19.5 Å². The summed E-state index contributed by atoms with van der Waals surface area (Å²) < 4.78 is 1.07. The van der Waals surface area contributed by atoms with Gasteiger partial charge in [-0.1, -0.05) is 39.9 Å². The predicted molar refractivity (Wildman–Crippen MR) is 103 cm³/mol. The summed E-state index contributed by atoms with van der Waals surface area (Å²) in [4.78, 5) is 39.5. The van der Waals surface area contributed by atoms with E-state index in [0.717, 1.165) is 21.9 Å². The molecule has 1 aromatic rings. The zero-order valence-electron chi connectivity index (χ0n) is 13.1. The molecule has 9 heteroatoms. The van der Waals surface area contributed by atoms with Crippen LogP contribution in [0.1, 0.15) is 18.9 Å². The largest absolute Gasteiger partial charge is 0.481 e. The molecule has 1 saturated heterocycles. The quantitative estimate of drug-likeness (QED) is 0.572. The molecule has 0 atom stereocenters. The van der Waals surface area contributed by atoms with Gasteiger partial charge in [0.2, 0.25) is 0 Å². The Morgan fingerprint density at radius 3 is 2.64 bits per heavy atom. The van der Waals surface area contributed by atoms with Crippen molar-refractivity contribution in [3.05, 3.63) is 33.1 Å². The third-order valence-electron chi connectivity index (χ3n) is 3.92. The number of thioether (sulfide) groups is 1. The summed E-state index contributed by atoms with van der Waals surface area (Å²) >= 11 is 9.65. The fourth-order valence-corrected chi connectivity index (χ4v) is 4.53. The van der Waals surface area contributed by atoms with Gasteiger partial charge in [-0.2, -0.15) is 0 Å². The van der Waals surface area contributed by atoms with Gasteiger partial charge in [-0.3, -0.25) is 19.3 Å². The highest BCUT2D eigenvalue weighted by molar-refractivity contribution is 9.10. The number of nitrogens with zero attached hydrogens (tertiary/aromatic N) is 2. The lowest BCUT2D eigenvalue weighted by Crippen LogP contribution is -2.31. The molecule has 3 rings (SSSR count). The summed E-state index contributed by atoms with van der Waals surface area (Å²) in [5, 5.41) is 8.83. The van der Waals surface area contributed by atoms with Crippen LogP contribution in [0.3, 0.4) is 0 Å². The first-order valence-electron chi connectivity index (χ1n) is 7.46. The van der Waals surface area contributed by atoms with Crippen LogP contribution in [0.25, 0.3) is 5.57 Å². The first kappa shape index (κ1) is 18.1. The Kier molecular flexibility index (Phi) is 4.99. The van der Waals surface area contributed by atoms with E-state index < -0.39 is 11.9 Å². The molecule has 2 heterocycles. The number of likely N-dealkylation sites (N-methyl/N-ethyl adjacent to an activating group) is 1. The Morgan fingerprint density at radius 1 is 1.28 bits per heavy atom. The highest BCUT2D eigenvalue weighted by Gasteiger charge is 2.41. The van der Waals surface area contributed by atoms with Crippen LogP contribution < -0.4 is 4.90 Å². The maximum Gasteiger partial charge on any atom is 0.305 e. The average Bonchev–Trinajstić information content (AvgIpc) is 2.97. The number of anilines is 1. The van der Waals surface area contributed by atoms with Crippen LogP contribution in [0.5, 0.6) is 0 Å². The predicted octanol–water partition coefficient (Wildman–Crippen LogP) is 2.86. The maximum absolute atomic E-state index is 12.8. The molecule has 130 valence electrons. The fourth-order valence-electron chi connectivity index (χ4n) is 2.79. The molecular formula is C16H13BrN2O4S2. The molecular weight excluding hydrogens is 428 g/mol. The van der Waals surface area contributed by atoms with Gasteiger partial charge in [-0.15, -0.1) is 0 Å². The van der Waals surface area contributed by atoms with Crippen molar-refractivity contribution in [2.75, 3.05) is 18.0 Å². The molecule has 0 unspecified atom stereocenters. The van der Waals surface area contributed by atoms with Gasteiger partial charge in [0.1, 0.15) is 4.32 Å². The molecule has 1 N–H and O–H groups in total. The Morgan fingerprint density at radius 2 is 2.00 bits per heavy atom. The van der Waals surface area contributed by atoms with Gasteiger partial charge in [0, 0.05) is 23.1 Å². The van der Waals surface area contributed by atoms with E-state index >= 15 is 0 Å². The Labute approximate surface area is 162 Å². The van der Waals surface area contributed by atoms with E-state index in [4.69, 9.17) is 17.3 Å². The minimum Gasteiger partial charge on any atom is -0.481 e. The van der Waals surface area contributed by atoms with E-state index in [2.05, 4.69) is 15.9 Å². The topological polar surface area (TPSA) is 77.9 Å². The molecule has 2 aliphatic heterocycles. The SMILES string of the molecule is CCN1C(=O)/C(=C2\SC(=S)N(CCC(=O)O)C2=O)c2cc(Br)ccc21. The Hall–Kier alpha value is -1.71. The standard InChI is InChI=1S/C16H13BrN2O4S2/c1-2-18-10-4-3-8(17)7-9(10)12(14(18)22)13-15(23)19(16(24)25-13)6-5-11(20)21/h3-4,7H,2,5-6H2,1H3,(H,20,21)/b13-12-. The number of halogens is 1. The van der Waals surface area contributed by atoms with E-state index in [0.29, 0.717) is 17.7 Å². The molecule has 0 saturated carbocycles. The number of rotatable bonds is 4. The zero-order valence-corrected chi connectivity index (χ0v) is 16.3. The van der Waals surface area contributed by atoms with Gasteiger partial charge in [0.25, 0.3) is 11.8 Å². The third kappa shape index (κ3) is 3.11. The lowest BCUT2D eigenvalue weighted by Gasteiger charge is -2.14. The molecule has 0 spiro atoms. The van der Waals surface area contributed by atoms with Gasteiger partial charge in [-0.05, 0) is 25.1 Å². The van der Waals surface area contributed by atoms with Crippen molar-refractivity contribution in [3.8, 4) is 0 Å². The number of hydrogen-bond acceptors (Lipinski definition) is 5. The molecule has 2 amide bonds. The van der Waals surface area contributed by atoms with Gasteiger partial charge < -0.3 is 10.0 Å². The van der Waals surface area contributed by atoms with E-state index in [1.54, 1.807) is 4.90 Å². The highest BCUT2D eigenvalue weighted by atomic mass is 79.9. The molecule has 0 radical (unpaired) electrons. The Bertz CT molecular complexity index is 853. The minimum absolute atomic E-state index is 0.00615. The van der Waals surface area contributed by atoms with Crippen LogP contribution in [-0.2, 0) is 14.4 Å². The van der Waals surface area contributed by atoms with Crippen molar-refractivity contribution in [3.63, 3.8) is 0 Å². The first-order chi connectivity index (χ1) is 11.8. The van der Waals surface area contributed by atoms with Gasteiger partial charge in [0.15, 0.2) is 0 Å². The normalized spacial score (nSPS) is 19.8. The van der Waals surface area contributed by atoms with Crippen molar-refractivity contribution in [2.45, 2.75) is 13.3 Å². The third-order valence-corrected chi connectivity index (χ3v) is 5.86. The van der Waals surface area contributed by atoms with Crippen molar-refractivity contribution in [2.24, 2.45) is 0 Å². The lowest BCUT2D eigenvalue weighted by molar-refractivity contribution is -0.137. The van der Waals surface area contributed by atoms with Crippen LogP contribution in [0.4, 0.5) is 5.69 Å². The van der Waals surface area contributed by atoms with Crippen molar-refractivity contribution in [1.29, 1.82) is 0 Å². The second-order valence-electron chi connectivity index (χ2n) is 5.38. The number of hydrogen-bond donors (Lipinski definition) is 1. The van der Waals surface area contributed by atoms with Gasteiger partial charge in [-0.25, -0.2) is 0 Å². The summed E-state index contributed by atoms with van der Waals surface area (Å²) in [6.45, 7) is 2.34. The van der Waals surface area contributed by atoms with Crippen molar-refractivity contribution >= 4 is 73.3 Å². The molecule has 6 nitrogen and oxygen atoms in total. The van der Waals surface area contributed by atoms with Crippen LogP contribution in [-0.4, -0.2) is 45.2 Å². The summed E-state index contributed by atoms with van der Waals surface area (Å²) in [5.74, 6) is -1.66. The summed E-state index contributed by atoms with van der Waals surface area (Å²) in [5.41, 5.74) is 1.76. The van der Waals surface area contributed by atoms with Crippen LogP contribution >= 0.6 is 39.9 Å². The number of carboxylic acids is 1. The van der Waals surface area contributed by atoms with Crippen molar-refractivity contribution in [1.82, 2.24) is 4.90 Å². The van der Waals surface area contributed by atoms with Gasteiger partial charge in [0.05, 0.1) is 22.6 Å². The summed E-state index contributed by atoms with van der Waals surface area (Å²) in [6.07, 6.45) is -0.202. The van der Waals surface area contributed by atoms with E-state index in [1.165, 1.54) is 4.90 Å². The average molecular weight is 441 g/mol. The number of thiocarbonyl (C=S) groups is 1.